The number of ether oxygens (including phenoxy) is 1. The van der Waals surface area contributed by atoms with Crippen molar-refractivity contribution in [3.05, 3.63) is 63.6 Å². The molecule has 0 fully saturated rings. The number of rotatable bonds is 6. The largest absolute Gasteiger partial charge is 0.383 e. The smallest absolute Gasteiger partial charge is 0.250 e. The molecule has 1 aromatic heterocycles. The molecule has 0 atom stereocenters. The van der Waals surface area contributed by atoms with E-state index in [-0.39, 0.29) is 5.56 Å². The van der Waals surface area contributed by atoms with Crippen molar-refractivity contribution in [2.75, 3.05) is 19.0 Å². The zero-order valence-corrected chi connectivity index (χ0v) is 12.8. The molecule has 2 rings (SSSR count). The normalized spacial score (nSPS) is 10.6. The first-order valence-electron chi connectivity index (χ1n) is 7.09. The number of methoxy groups -OCH3 is 1. The fourth-order valence-electron chi connectivity index (χ4n) is 2.38. The molecule has 21 heavy (non-hydrogen) atoms. The minimum absolute atomic E-state index is 0.0102. The summed E-state index contributed by atoms with van der Waals surface area (Å²) in [5, 5.41) is 3.36. The van der Waals surface area contributed by atoms with Crippen LogP contribution in [0, 0.1) is 13.8 Å². The summed E-state index contributed by atoms with van der Waals surface area (Å²) in [7, 11) is 1.63. The highest BCUT2D eigenvalue weighted by atomic mass is 16.5. The first-order valence-corrected chi connectivity index (χ1v) is 7.09. The van der Waals surface area contributed by atoms with Gasteiger partial charge in [0.1, 0.15) is 0 Å². The molecule has 0 radical (unpaired) electrons. The molecule has 0 aliphatic rings. The summed E-state index contributed by atoms with van der Waals surface area (Å²) in [5.74, 6) is 0. The van der Waals surface area contributed by atoms with Gasteiger partial charge in [-0.15, -0.1) is 0 Å². The molecule has 1 heterocycles. The van der Waals surface area contributed by atoms with Gasteiger partial charge < -0.3 is 14.6 Å². The third-order valence-corrected chi connectivity index (χ3v) is 3.30. The number of aryl methyl sites for hydroxylation is 2. The Hall–Kier alpha value is -2.07. The molecule has 1 N–H and O–H groups in total. The molecule has 0 saturated heterocycles. The first kappa shape index (κ1) is 15.3. The van der Waals surface area contributed by atoms with Crippen molar-refractivity contribution in [3.63, 3.8) is 0 Å². The average Bonchev–Trinajstić information content (AvgIpc) is 2.44. The number of anilines is 1. The van der Waals surface area contributed by atoms with Gasteiger partial charge in [-0.25, -0.2) is 0 Å². The molecule has 4 heteroatoms. The van der Waals surface area contributed by atoms with Crippen molar-refractivity contribution in [2.24, 2.45) is 0 Å². The summed E-state index contributed by atoms with van der Waals surface area (Å²) in [5.41, 5.74) is 4.68. The van der Waals surface area contributed by atoms with Crippen LogP contribution in [0.15, 0.2) is 41.3 Å². The fraction of sp³-hybridized carbons (Fsp3) is 0.353. The van der Waals surface area contributed by atoms with E-state index in [0.29, 0.717) is 13.2 Å². The molecule has 2 aromatic rings. The van der Waals surface area contributed by atoms with Crippen molar-refractivity contribution in [1.29, 1.82) is 0 Å². The zero-order valence-electron chi connectivity index (χ0n) is 12.8. The topological polar surface area (TPSA) is 43.3 Å². The Labute approximate surface area is 125 Å². The van der Waals surface area contributed by atoms with E-state index in [2.05, 4.69) is 37.4 Å². The minimum atomic E-state index is -0.0102. The first-order chi connectivity index (χ1) is 10.1. The predicted molar refractivity (Wildman–Crippen MR) is 85.8 cm³/mol. The molecule has 0 aliphatic carbocycles. The van der Waals surface area contributed by atoms with Crippen molar-refractivity contribution < 1.29 is 4.74 Å². The number of pyridine rings is 1. The van der Waals surface area contributed by atoms with Gasteiger partial charge in [0.05, 0.1) is 12.3 Å². The molecule has 0 spiro atoms. The van der Waals surface area contributed by atoms with E-state index in [1.54, 1.807) is 17.7 Å². The molecule has 112 valence electrons. The van der Waals surface area contributed by atoms with Crippen LogP contribution in [0.2, 0.25) is 0 Å². The van der Waals surface area contributed by atoms with Gasteiger partial charge in [-0.1, -0.05) is 29.3 Å². The van der Waals surface area contributed by atoms with E-state index in [1.165, 1.54) is 16.7 Å². The van der Waals surface area contributed by atoms with Crippen molar-refractivity contribution in [1.82, 2.24) is 4.57 Å². The van der Waals surface area contributed by atoms with Crippen LogP contribution >= 0.6 is 0 Å². The predicted octanol–water partition coefficient (Wildman–Crippen LogP) is 2.72. The van der Waals surface area contributed by atoms with E-state index in [1.807, 2.05) is 12.3 Å². The lowest BCUT2D eigenvalue weighted by Gasteiger charge is -2.11. The van der Waals surface area contributed by atoms with Crippen LogP contribution in [-0.4, -0.2) is 18.3 Å². The van der Waals surface area contributed by atoms with Crippen LogP contribution in [0.3, 0.4) is 0 Å². The third kappa shape index (κ3) is 4.46. The Morgan fingerprint density at radius 1 is 1.14 bits per heavy atom. The summed E-state index contributed by atoms with van der Waals surface area (Å²) in [4.78, 5) is 11.7. The second kappa shape index (κ2) is 7.09. The molecule has 0 aliphatic heterocycles. The van der Waals surface area contributed by atoms with Gasteiger partial charge in [-0.3, -0.25) is 4.79 Å². The Balaban J connectivity index is 2.07. The Kier molecular flexibility index (Phi) is 5.17. The number of hydrogen-bond donors (Lipinski definition) is 1. The van der Waals surface area contributed by atoms with Gasteiger partial charge in [0.2, 0.25) is 0 Å². The molecular formula is C17H22N2O2. The number of hydrogen-bond acceptors (Lipinski definition) is 3. The number of nitrogens with zero attached hydrogens (tertiary/aromatic N) is 1. The summed E-state index contributed by atoms with van der Waals surface area (Å²) in [6, 6.07) is 9.89. The molecule has 0 amide bonds. The average molecular weight is 286 g/mol. The Bertz CT molecular complexity index is 642. The second-order valence-corrected chi connectivity index (χ2v) is 5.29. The maximum atomic E-state index is 11.7. The Morgan fingerprint density at radius 2 is 1.86 bits per heavy atom. The van der Waals surface area contributed by atoms with Crippen LogP contribution in [0.1, 0.15) is 16.7 Å². The maximum absolute atomic E-state index is 11.7. The number of benzene rings is 1. The molecule has 4 nitrogen and oxygen atoms in total. The van der Waals surface area contributed by atoms with Crippen molar-refractivity contribution in [2.45, 2.75) is 26.9 Å². The highest BCUT2D eigenvalue weighted by Gasteiger charge is 2.00. The lowest BCUT2D eigenvalue weighted by atomic mass is 10.1. The monoisotopic (exact) mass is 286 g/mol. The highest BCUT2D eigenvalue weighted by molar-refractivity contribution is 5.41. The molecular weight excluding hydrogens is 264 g/mol. The lowest BCUT2D eigenvalue weighted by molar-refractivity contribution is 0.186. The highest BCUT2D eigenvalue weighted by Crippen LogP contribution is 2.11. The van der Waals surface area contributed by atoms with Crippen molar-refractivity contribution >= 4 is 5.69 Å². The third-order valence-electron chi connectivity index (χ3n) is 3.30. The van der Waals surface area contributed by atoms with Gasteiger partial charge in [0.15, 0.2) is 0 Å². The summed E-state index contributed by atoms with van der Waals surface area (Å²) >= 11 is 0. The summed E-state index contributed by atoms with van der Waals surface area (Å²) in [6.45, 7) is 6.03. The van der Waals surface area contributed by atoms with Crippen LogP contribution in [0.5, 0.6) is 0 Å². The molecule has 0 bridgehead atoms. The van der Waals surface area contributed by atoms with Crippen LogP contribution < -0.4 is 10.9 Å². The van der Waals surface area contributed by atoms with Gasteiger partial charge in [-0.05, 0) is 25.5 Å². The standard InChI is InChI=1S/C17H22N2O2/c1-13-8-14(2)10-15(9-13)11-18-16-4-5-17(20)19(12-16)6-7-21-3/h4-5,8-10,12,18H,6-7,11H2,1-3H3. The quantitative estimate of drug-likeness (QED) is 0.888. The van der Waals surface area contributed by atoms with Crippen LogP contribution in [0.4, 0.5) is 5.69 Å². The minimum Gasteiger partial charge on any atom is -0.383 e. The molecule has 0 saturated carbocycles. The van der Waals surface area contributed by atoms with Crippen LogP contribution in [-0.2, 0) is 17.8 Å². The fourth-order valence-corrected chi connectivity index (χ4v) is 2.38. The van der Waals surface area contributed by atoms with E-state index in [0.717, 1.165) is 12.2 Å². The van der Waals surface area contributed by atoms with Crippen molar-refractivity contribution in [3.8, 4) is 0 Å². The van der Waals surface area contributed by atoms with Gasteiger partial charge in [0.25, 0.3) is 5.56 Å². The van der Waals surface area contributed by atoms with Gasteiger partial charge in [0, 0.05) is 32.5 Å². The summed E-state index contributed by atoms with van der Waals surface area (Å²) < 4.78 is 6.68. The molecule has 0 unspecified atom stereocenters. The number of nitrogens with one attached hydrogen (secondary N) is 1. The van der Waals surface area contributed by atoms with E-state index < -0.39 is 0 Å². The lowest BCUT2D eigenvalue weighted by Crippen LogP contribution is -2.21. The van der Waals surface area contributed by atoms with E-state index in [4.69, 9.17) is 4.74 Å². The Morgan fingerprint density at radius 3 is 2.52 bits per heavy atom. The SMILES string of the molecule is COCCn1cc(NCc2cc(C)cc(C)c2)ccc1=O. The van der Waals surface area contributed by atoms with E-state index >= 15 is 0 Å². The van der Waals surface area contributed by atoms with E-state index in [9.17, 15) is 4.79 Å². The number of aromatic nitrogens is 1. The van der Waals surface area contributed by atoms with Gasteiger partial charge >= 0.3 is 0 Å². The van der Waals surface area contributed by atoms with Gasteiger partial charge in [-0.2, -0.15) is 0 Å². The maximum Gasteiger partial charge on any atom is 0.250 e. The van der Waals surface area contributed by atoms with Crippen LogP contribution in [0.25, 0.3) is 0 Å². The molecule has 1 aromatic carbocycles. The summed E-state index contributed by atoms with van der Waals surface area (Å²) in [6.07, 6.45) is 1.84. The zero-order chi connectivity index (χ0) is 15.2. The second-order valence-electron chi connectivity index (χ2n) is 5.29.